The van der Waals surface area contributed by atoms with Gasteiger partial charge in [0, 0.05) is 18.3 Å². The molecule has 3 rings (SSSR count). The molecule has 30 heavy (non-hydrogen) atoms. The highest BCUT2D eigenvalue weighted by Gasteiger charge is 2.22. The summed E-state index contributed by atoms with van der Waals surface area (Å²) in [6, 6.07) is 17.6. The number of nitrogens with one attached hydrogen (secondary N) is 2. The largest absolute Gasteiger partial charge is 0.496 e. The number of fused-ring (bicyclic) bond motifs is 1. The lowest BCUT2D eigenvalue weighted by Gasteiger charge is -2.15. The maximum Gasteiger partial charge on any atom is 0.342 e. The van der Waals surface area contributed by atoms with Crippen LogP contribution in [0.4, 0.5) is 11.4 Å². The summed E-state index contributed by atoms with van der Waals surface area (Å²) in [5, 5.41) is 7.11. The van der Waals surface area contributed by atoms with Gasteiger partial charge in [-0.15, -0.1) is 0 Å². The van der Waals surface area contributed by atoms with Gasteiger partial charge in [-0.3, -0.25) is 9.59 Å². The van der Waals surface area contributed by atoms with Crippen molar-refractivity contribution in [2.75, 3.05) is 17.7 Å². The van der Waals surface area contributed by atoms with Crippen molar-refractivity contribution in [2.45, 2.75) is 20.0 Å². The maximum atomic E-state index is 12.7. The number of benzene rings is 3. The summed E-state index contributed by atoms with van der Waals surface area (Å²) in [4.78, 5) is 36.1. The van der Waals surface area contributed by atoms with Gasteiger partial charge in [-0.25, -0.2) is 4.79 Å². The van der Waals surface area contributed by atoms with Crippen molar-refractivity contribution < 1.29 is 23.9 Å². The van der Waals surface area contributed by atoms with Gasteiger partial charge in [-0.1, -0.05) is 24.3 Å². The van der Waals surface area contributed by atoms with E-state index in [0.717, 1.165) is 10.8 Å². The number of amides is 2. The molecule has 0 fully saturated rings. The molecule has 2 N–H and O–H groups in total. The molecule has 7 heteroatoms. The van der Waals surface area contributed by atoms with Crippen molar-refractivity contribution in [2.24, 2.45) is 0 Å². The molecule has 0 unspecified atom stereocenters. The summed E-state index contributed by atoms with van der Waals surface area (Å²) in [6.45, 7) is 2.91. The van der Waals surface area contributed by atoms with Crippen LogP contribution in [0, 0.1) is 0 Å². The second-order valence-electron chi connectivity index (χ2n) is 6.69. The Morgan fingerprint density at radius 3 is 2.00 bits per heavy atom. The molecule has 0 aromatic heterocycles. The molecule has 7 nitrogen and oxygen atoms in total. The standard InChI is InChI=1S/C23H22N2O5/c1-14(22(27)25-19-10-8-18(9-11-19)24-15(2)26)30-23(28)20-12-16-6-4-5-7-17(16)13-21(20)29-3/h4-14H,1-3H3,(H,24,26)(H,25,27)/t14-/m1/s1. The number of hydrogen-bond donors (Lipinski definition) is 2. The van der Waals surface area contributed by atoms with Gasteiger partial charge < -0.3 is 20.1 Å². The molecule has 1 atom stereocenters. The van der Waals surface area contributed by atoms with Crippen molar-refractivity contribution in [3.05, 3.63) is 66.2 Å². The van der Waals surface area contributed by atoms with Crippen molar-refractivity contribution >= 4 is 39.9 Å². The average molecular weight is 406 g/mol. The first-order valence-electron chi connectivity index (χ1n) is 9.33. The molecule has 0 aliphatic carbocycles. The van der Waals surface area contributed by atoms with Gasteiger partial charge in [0.2, 0.25) is 5.91 Å². The van der Waals surface area contributed by atoms with Gasteiger partial charge in [0.1, 0.15) is 11.3 Å². The summed E-state index contributed by atoms with van der Waals surface area (Å²) in [5.41, 5.74) is 1.37. The monoisotopic (exact) mass is 406 g/mol. The van der Waals surface area contributed by atoms with E-state index in [-0.39, 0.29) is 11.5 Å². The Morgan fingerprint density at radius 1 is 0.867 bits per heavy atom. The summed E-state index contributed by atoms with van der Waals surface area (Å²) < 4.78 is 10.7. The van der Waals surface area contributed by atoms with Crippen LogP contribution in [0.5, 0.6) is 5.75 Å². The zero-order valence-corrected chi connectivity index (χ0v) is 16.9. The Balaban J connectivity index is 1.68. The minimum atomic E-state index is -1.02. The molecule has 2 amide bonds. The van der Waals surface area contributed by atoms with E-state index in [2.05, 4.69) is 10.6 Å². The first-order chi connectivity index (χ1) is 14.4. The number of ether oxygens (including phenoxy) is 2. The predicted molar refractivity (Wildman–Crippen MR) is 115 cm³/mol. The van der Waals surface area contributed by atoms with Crippen LogP contribution in [0.25, 0.3) is 10.8 Å². The summed E-state index contributed by atoms with van der Waals surface area (Å²) in [7, 11) is 1.47. The highest BCUT2D eigenvalue weighted by Crippen LogP contribution is 2.27. The molecule has 0 radical (unpaired) electrons. The molecule has 3 aromatic rings. The number of anilines is 2. The highest BCUT2D eigenvalue weighted by molar-refractivity contribution is 6.01. The Kier molecular flexibility index (Phi) is 6.32. The second kappa shape index (κ2) is 9.09. The second-order valence-corrected chi connectivity index (χ2v) is 6.69. The third kappa shape index (κ3) is 4.94. The minimum Gasteiger partial charge on any atom is -0.496 e. The quantitative estimate of drug-likeness (QED) is 0.604. The summed E-state index contributed by atoms with van der Waals surface area (Å²) in [5.74, 6) is -0.937. The van der Waals surface area contributed by atoms with Crippen LogP contribution >= 0.6 is 0 Å². The van der Waals surface area contributed by atoms with E-state index in [1.54, 1.807) is 36.4 Å². The predicted octanol–water partition coefficient (Wildman–Crippen LogP) is 3.99. The SMILES string of the molecule is COc1cc2ccccc2cc1C(=O)O[C@H](C)C(=O)Nc1ccc(NC(C)=O)cc1. The molecule has 0 spiro atoms. The number of carbonyl (C=O) groups is 3. The Bertz CT molecular complexity index is 1090. The number of esters is 1. The number of carbonyl (C=O) groups excluding carboxylic acids is 3. The van der Waals surface area contributed by atoms with Crippen LogP contribution in [0.2, 0.25) is 0 Å². The third-order valence-electron chi connectivity index (χ3n) is 4.41. The van der Waals surface area contributed by atoms with Gasteiger partial charge >= 0.3 is 5.97 Å². The zero-order chi connectivity index (χ0) is 21.7. The van der Waals surface area contributed by atoms with E-state index in [1.165, 1.54) is 21.0 Å². The molecule has 0 heterocycles. The third-order valence-corrected chi connectivity index (χ3v) is 4.41. The van der Waals surface area contributed by atoms with E-state index in [0.29, 0.717) is 17.1 Å². The molecule has 154 valence electrons. The van der Waals surface area contributed by atoms with E-state index < -0.39 is 18.0 Å². The lowest BCUT2D eigenvalue weighted by atomic mass is 10.1. The van der Waals surface area contributed by atoms with Crippen LogP contribution in [-0.4, -0.2) is 31.0 Å². The summed E-state index contributed by atoms with van der Waals surface area (Å²) >= 11 is 0. The number of hydrogen-bond acceptors (Lipinski definition) is 5. The Labute approximate surface area is 174 Å². The summed E-state index contributed by atoms with van der Waals surface area (Å²) in [6.07, 6.45) is -1.02. The van der Waals surface area contributed by atoms with Gasteiger partial charge in [0.15, 0.2) is 6.10 Å². The fraction of sp³-hybridized carbons (Fsp3) is 0.174. The molecule has 0 aliphatic rings. The van der Waals surface area contributed by atoms with Gasteiger partial charge in [0.25, 0.3) is 5.91 Å². The van der Waals surface area contributed by atoms with E-state index in [9.17, 15) is 14.4 Å². The topological polar surface area (TPSA) is 93.7 Å². The zero-order valence-electron chi connectivity index (χ0n) is 16.9. The molecule has 3 aromatic carbocycles. The fourth-order valence-corrected chi connectivity index (χ4v) is 2.91. The van der Waals surface area contributed by atoms with E-state index >= 15 is 0 Å². The van der Waals surface area contributed by atoms with Crippen LogP contribution in [0.1, 0.15) is 24.2 Å². The Hall–Kier alpha value is -3.87. The molecule has 0 bridgehead atoms. The van der Waals surface area contributed by atoms with Gasteiger partial charge in [-0.2, -0.15) is 0 Å². The average Bonchev–Trinajstić information content (AvgIpc) is 2.73. The first-order valence-corrected chi connectivity index (χ1v) is 9.33. The van der Waals surface area contributed by atoms with Crippen LogP contribution in [-0.2, 0) is 14.3 Å². The molecule has 0 saturated carbocycles. The van der Waals surface area contributed by atoms with Crippen molar-refractivity contribution in [3.63, 3.8) is 0 Å². The number of methoxy groups -OCH3 is 1. The Morgan fingerprint density at radius 2 is 1.43 bits per heavy atom. The smallest absolute Gasteiger partial charge is 0.342 e. The molecule has 0 saturated heterocycles. The molecular weight excluding hydrogens is 384 g/mol. The van der Waals surface area contributed by atoms with Crippen LogP contribution in [0.3, 0.4) is 0 Å². The van der Waals surface area contributed by atoms with Gasteiger partial charge in [-0.05, 0) is 54.1 Å². The van der Waals surface area contributed by atoms with Crippen LogP contribution in [0.15, 0.2) is 60.7 Å². The van der Waals surface area contributed by atoms with Crippen molar-refractivity contribution in [3.8, 4) is 5.75 Å². The van der Waals surface area contributed by atoms with Crippen molar-refractivity contribution in [1.29, 1.82) is 0 Å². The normalized spacial score (nSPS) is 11.4. The van der Waals surface area contributed by atoms with E-state index in [1.807, 2.05) is 24.3 Å². The lowest BCUT2D eigenvalue weighted by Crippen LogP contribution is -2.30. The fourth-order valence-electron chi connectivity index (χ4n) is 2.91. The maximum absolute atomic E-state index is 12.7. The van der Waals surface area contributed by atoms with E-state index in [4.69, 9.17) is 9.47 Å². The van der Waals surface area contributed by atoms with Crippen LogP contribution < -0.4 is 15.4 Å². The molecular formula is C23H22N2O5. The highest BCUT2D eigenvalue weighted by atomic mass is 16.5. The first kappa shape index (κ1) is 20.9. The minimum absolute atomic E-state index is 0.184. The lowest BCUT2D eigenvalue weighted by molar-refractivity contribution is -0.123. The number of rotatable bonds is 6. The molecule has 0 aliphatic heterocycles. The van der Waals surface area contributed by atoms with Crippen molar-refractivity contribution in [1.82, 2.24) is 0 Å². The van der Waals surface area contributed by atoms with Gasteiger partial charge in [0.05, 0.1) is 7.11 Å².